The van der Waals surface area contributed by atoms with Crippen LogP contribution >= 0.6 is 0 Å². The minimum absolute atomic E-state index is 0.0562. The minimum Gasteiger partial charge on any atom is -0.314 e. The lowest BCUT2D eigenvalue weighted by Gasteiger charge is -2.36. The number of rotatable bonds is 4. The number of carbonyl (C=O) groups excluding carboxylic acids is 1. The molecule has 1 aliphatic rings. The summed E-state index contributed by atoms with van der Waals surface area (Å²) in [4.78, 5) is 13.3. The molecule has 7 nitrogen and oxygen atoms in total. The lowest BCUT2D eigenvalue weighted by molar-refractivity contribution is -0.118. The number of tetrazole rings is 1. The molecule has 7 heteroatoms. The first kappa shape index (κ1) is 12.9. The molecule has 1 aromatic heterocycles. The van der Waals surface area contributed by atoms with E-state index in [4.69, 9.17) is 0 Å². The highest BCUT2D eigenvalue weighted by Gasteiger charge is 2.32. The van der Waals surface area contributed by atoms with E-state index in [0.717, 1.165) is 12.8 Å². The summed E-state index contributed by atoms with van der Waals surface area (Å²) in [6, 6.07) is 0. The number of anilines is 1. The summed E-state index contributed by atoms with van der Waals surface area (Å²) in [6.07, 6.45) is 6.17. The maximum absolute atomic E-state index is 12.0. The van der Waals surface area contributed by atoms with Gasteiger partial charge in [0.1, 0.15) is 0 Å². The van der Waals surface area contributed by atoms with Crippen LogP contribution in [0.1, 0.15) is 38.5 Å². The Morgan fingerprint density at radius 3 is 2.67 bits per heavy atom. The van der Waals surface area contributed by atoms with Crippen molar-refractivity contribution >= 4 is 11.9 Å². The van der Waals surface area contributed by atoms with Crippen molar-refractivity contribution in [3.05, 3.63) is 0 Å². The van der Waals surface area contributed by atoms with Gasteiger partial charge < -0.3 is 5.32 Å². The van der Waals surface area contributed by atoms with E-state index >= 15 is 0 Å². The molecule has 1 heterocycles. The zero-order valence-electron chi connectivity index (χ0n) is 10.9. The fraction of sp³-hybridized carbons (Fsp3) is 0.818. The Morgan fingerprint density at radius 2 is 2.11 bits per heavy atom. The van der Waals surface area contributed by atoms with E-state index in [1.54, 1.807) is 7.05 Å². The molecule has 2 rings (SSSR count). The Kier molecular flexibility index (Phi) is 3.90. The lowest BCUT2D eigenvalue weighted by Crippen LogP contribution is -2.47. The lowest BCUT2D eigenvalue weighted by atomic mass is 9.79. The molecule has 1 aliphatic carbocycles. The second-order valence-electron chi connectivity index (χ2n) is 4.92. The molecule has 1 saturated carbocycles. The largest absolute Gasteiger partial charge is 0.314 e. The van der Waals surface area contributed by atoms with Crippen molar-refractivity contribution < 1.29 is 4.79 Å². The summed E-state index contributed by atoms with van der Waals surface area (Å²) >= 11 is 0. The van der Waals surface area contributed by atoms with Gasteiger partial charge >= 0.3 is 0 Å². The second-order valence-corrected chi connectivity index (χ2v) is 4.92. The van der Waals surface area contributed by atoms with Crippen molar-refractivity contribution in [2.75, 3.05) is 12.4 Å². The van der Waals surface area contributed by atoms with E-state index < -0.39 is 0 Å². The highest BCUT2D eigenvalue weighted by Crippen LogP contribution is 2.30. The van der Waals surface area contributed by atoms with Gasteiger partial charge in [0.15, 0.2) is 0 Å². The summed E-state index contributed by atoms with van der Waals surface area (Å²) in [5, 5.41) is 17.4. The molecule has 0 aliphatic heterocycles. The van der Waals surface area contributed by atoms with Crippen LogP contribution in [-0.4, -0.2) is 38.7 Å². The topological polar surface area (TPSA) is 84.7 Å². The number of nitrogens with one attached hydrogen (secondary N) is 2. The molecule has 0 radical (unpaired) electrons. The SMILES string of the molecule is CNC1(CC(=O)Nc2nnn(C)n2)CCCCC1. The third kappa shape index (κ3) is 3.04. The average molecular weight is 252 g/mol. The Hall–Kier alpha value is -1.50. The molecular formula is C11H20N6O. The Bertz CT molecular complexity index is 409. The van der Waals surface area contributed by atoms with Gasteiger partial charge in [0.25, 0.3) is 5.95 Å². The van der Waals surface area contributed by atoms with Gasteiger partial charge in [-0.3, -0.25) is 10.1 Å². The Morgan fingerprint density at radius 1 is 1.39 bits per heavy atom. The van der Waals surface area contributed by atoms with E-state index in [1.165, 1.54) is 24.1 Å². The zero-order chi connectivity index (χ0) is 13.0. The molecule has 1 amide bonds. The number of aromatic nitrogens is 4. The smallest absolute Gasteiger partial charge is 0.270 e. The predicted molar refractivity (Wildman–Crippen MR) is 66.9 cm³/mol. The van der Waals surface area contributed by atoms with Gasteiger partial charge in [-0.1, -0.05) is 24.4 Å². The van der Waals surface area contributed by atoms with Crippen LogP contribution < -0.4 is 10.6 Å². The van der Waals surface area contributed by atoms with Gasteiger partial charge in [-0.15, -0.1) is 5.10 Å². The monoisotopic (exact) mass is 252 g/mol. The van der Waals surface area contributed by atoms with Crippen LogP contribution in [0, 0.1) is 0 Å². The van der Waals surface area contributed by atoms with Crippen molar-refractivity contribution in [3.8, 4) is 0 Å². The zero-order valence-corrected chi connectivity index (χ0v) is 10.9. The number of nitrogens with zero attached hydrogens (tertiary/aromatic N) is 4. The van der Waals surface area contributed by atoms with E-state index in [9.17, 15) is 4.79 Å². The molecule has 0 aromatic carbocycles. The highest BCUT2D eigenvalue weighted by molar-refractivity contribution is 5.89. The highest BCUT2D eigenvalue weighted by atomic mass is 16.1. The first-order valence-electron chi connectivity index (χ1n) is 6.36. The van der Waals surface area contributed by atoms with Gasteiger partial charge in [0.2, 0.25) is 5.91 Å². The quantitative estimate of drug-likeness (QED) is 0.813. The minimum atomic E-state index is -0.0649. The molecule has 0 saturated heterocycles. The van der Waals surface area contributed by atoms with Crippen LogP contribution in [0.4, 0.5) is 5.95 Å². The van der Waals surface area contributed by atoms with Crippen molar-refractivity contribution in [1.29, 1.82) is 0 Å². The molecule has 0 bridgehead atoms. The molecule has 0 atom stereocenters. The van der Waals surface area contributed by atoms with Crippen molar-refractivity contribution in [1.82, 2.24) is 25.5 Å². The van der Waals surface area contributed by atoms with Crippen LogP contribution in [0.25, 0.3) is 0 Å². The molecule has 100 valence electrons. The Balaban J connectivity index is 1.93. The normalized spacial score (nSPS) is 18.6. The number of amides is 1. The summed E-state index contributed by atoms with van der Waals surface area (Å²) in [7, 11) is 3.60. The maximum atomic E-state index is 12.0. The van der Waals surface area contributed by atoms with Crippen molar-refractivity contribution in [3.63, 3.8) is 0 Å². The van der Waals surface area contributed by atoms with Crippen molar-refractivity contribution in [2.24, 2.45) is 7.05 Å². The standard InChI is InChI=1S/C11H20N6O/c1-12-11(6-4-3-5-7-11)8-9(18)13-10-14-16-17(2)15-10/h12H,3-8H2,1-2H3,(H,13,15,18). The number of hydrogen-bond acceptors (Lipinski definition) is 5. The molecule has 0 unspecified atom stereocenters. The summed E-state index contributed by atoms with van der Waals surface area (Å²) in [6.45, 7) is 0. The first-order chi connectivity index (χ1) is 8.63. The predicted octanol–water partition coefficient (Wildman–Crippen LogP) is 0.461. The molecule has 18 heavy (non-hydrogen) atoms. The molecule has 1 fully saturated rings. The van der Waals surface area contributed by atoms with Crippen LogP contribution in [0.2, 0.25) is 0 Å². The molecule has 1 aromatic rings. The number of hydrogen-bond donors (Lipinski definition) is 2. The van der Waals surface area contributed by atoms with E-state index in [2.05, 4.69) is 26.0 Å². The van der Waals surface area contributed by atoms with E-state index in [-0.39, 0.29) is 17.4 Å². The fourth-order valence-electron chi connectivity index (χ4n) is 2.55. The third-order valence-corrected chi connectivity index (χ3v) is 3.60. The van der Waals surface area contributed by atoms with E-state index in [1.807, 2.05) is 7.05 Å². The van der Waals surface area contributed by atoms with Crippen molar-refractivity contribution in [2.45, 2.75) is 44.1 Å². The van der Waals surface area contributed by atoms with Crippen LogP contribution in [-0.2, 0) is 11.8 Å². The maximum Gasteiger partial charge on any atom is 0.270 e. The van der Waals surface area contributed by atoms with Gasteiger partial charge in [0.05, 0.1) is 7.05 Å². The van der Waals surface area contributed by atoms with Gasteiger partial charge in [-0.2, -0.15) is 4.80 Å². The summed E-state index contributed by atoms with van der Waals surface area (Å²) < 4.78 is 0. The fourth-order valence-corrected chi connectivity index (χ4v) is 2.55. The molecule has 2 N–H and O–H groups in total. The molecule has 0 spiro atoms. The van der Waals surface area contributed by atoms with Crippen LogP contribution in [0.5, 0.6) is 0 Å². The summed E-state index contributed by atoms with van der Waals surface area (Å²) in [5.41, 5.74) is -0.0649. The van der Waals surface area contributed by atoms with Gasteiger partial charge in [-0.25, -0.2) is 0 Å². The van der Waals surface area contributed by atoms with Gasteiger partial charge in [0, 0.05) is 12.0 Å². The average Bonchev–Trinajstić information content (AvgIpc) is 2.75. The molecular weight excluding hydrogens is 232 g/mol. The number of carbonyl (C=O) groups is 1. The van der Waals surface area contributed by atoms with Gasteiger partial charge in [-0.05, 0) is 25.1 Å². The third-order valence-electron chi connectivity index (χ3n) is 3.60. The Labute approximate surface area is 106 Å². The van der Waals surface area contributed by atoms with Crippen LogP contribution in [0.3, 0.4) is 0 Å². The summed E-state index contributed by atoms with van der Waals surface area (Å²) in [5.74, 6) is 0.212. The second kappa shape index (κ2) is 5.43. The van der Waals surface area contributed by atoms with Crippen LogP contribution in [0.15, 0.2) is 0 Å². The first-order valence-corrected chi connectivity index (χ1v) is 6.36. The number of aryl methyl sites for hydroxylation is 1. The van der Waals surface area contributed by atoms with E-state index in [0.29, 0.717) is 6.42 Å².